The highest BCUT2D eigenvalue weighted by molar-refractivity contribution is 7.89. The van der Waals surface area contributed by atoms with Crippen LogP contribution in [0.5, 0.6) is 0 Å². The van der Waals surface area contributed by atoms with Crippen molar-refractivity contribution >= 4 is 32.5 Å². The third-order valence-corrected chi connectivity index (χ3v) is 5.56. The third-order valence-electron chi connectivity index (χ3n) is 3.29. The van der Waals surface area contributed by atoms with Crippen molar-refractivity contribution in [1.82, 2.24) is 9.71 Å². The van der Waals surface area contributed by atoms with Gasteiger partial charge in [-0.1, -0.05) is 6.07 Å². The minimum absolute atomic E-state index is 0.216. The lowest BCUT2D eigenvalue weighted by Crippen LogP contribution is -2.48. The molecule has 0 aliphatic rings. The van der Waals surface area contributed by atoms with Gasteiger partial charge < -0.3 is 0 Å². The monoisotopic (exact) mass is 312 g/mol. The van der Waals surface area contributed by atoms with Crippen LogP contribution in [0.15, 0.2) is 41.4 Å². The molecule has 0 radical (unpaired) electrons. The lowest BCUT2D eigenvalue weighted by Gasteiger charge is -2.28. The van der Waals surface area contributed by atoms with Crippen molar-refractivity contribution in [1.29, 1.82) is 0 Å². The van der Waals surface area contributed by atoms with E-state index in [1.165, 1.54) is 0 Å². The van der Waals surface area contributed by atoms with Crippen LogP contribution in [0.3, 0.4) is 0 Å². The molecule has 1 aromatic heterocycles. The van der Waals surface area contributed by atoms with Crippen molar-refractivity contribution in [3.63, 3.8) is 0 Å². The summed E-state index contributed by atoms with van der Waals surface area (Å²) >= 11 is 6.04. The zero-order chi connectivity index (χ0) is 15.0. The maximum Gasteiger partial charge on any atom is 0.241 e. The van der Waals surface area contributed by atoms with Gasteiger partial charge in [0.2, 0.25) is 10.0 Å². The molecule has 6 heteroatoms. The number of nitrogens with one attached hydrogen (secondary N) is 1. The Balaban J connectivity index is 2.53. The summed E-state index contributed by atoms with van der Waals surface area (Å²) in [5.74, 6) is 0. The molecular formula is C14H17ClN2O2S. The van der Waals surface area contributed by atoms with Crippen molar-refractivity contribution in [3.05, 3.63) is 36.5 Å². The van der Waals surface area contributed by atoms with E-state index in [1.807, 2.05) is 0 Å². The second-order valence-electron chi connectivity index (χ2n) is 5.27. The van der Waals surface area contributed by atoms with Crippen LogP contribution >= 0.6 is 11.6 Å². The number of sulfonamides is 1. The van der Waals surface area contributed by atoms with E-state index < -0.39 is 15.6 Å². The number of rotatable bonds is 4. The number of hydrogen-bond donors (Lipinski definition) is 1. The van der Waals surface area contributed by atoms with Gasteiger partial charge in [-0.3, -0.25) is 4.98 Å². The van der Waals surface area contributed by atoms with Crippen molar-refractivity contribution in [3.8, 4) is 0 Å². The predicted molar refractivity (Wildman–Crippen MR) is 81.5 cm³/mol. The Kier molecular flexibility index (Phi) is 4.04. The summed E-state index contributed by atoms with van der Waals surface area (Å²) in [7, 11) is -3.66. The highest BCUT2D eigenvalue weighted by Crippen LogP contribution is 2.24. The second kappa shape index (κ2) is 5.31. The molecule has 1 unspecified atom stereocenters. The standard InChI is InChI=1S/C14H17ClN2O2S/c1-10(15)14(2,3)17-20(18,19)13-8-4-7-12-11(13)6-5-9-16-12/h4-10,17H,1-3H3. The van der Waals surface area contributed by atoms with E-state index >= 15 is 0 Å². The summed E-state index contributed by atoms with van der Waals surface area (Å²) in [5, 5.41) is 0.255. The Bertz CT molecular complexity index is 722. The molecule has 0 fully saturated rings. The number of fused-ring (bicyclic) bond motifs is 1. The van der Waals surface area contributed by atoms with Crippen molar-refractivity contribution in [2.45, 2.75) is 36.6 Å². The van der Waals surface area contributed by atoms with Crippen LogP contribution in [-0.4, -0.2) is 24.3 Å². The van der Waals surface area contributed by atoms with Gasteiger partial charge in [-0.05, 0) is 45.0 Å². The number of pyridine rings is 1. The van der Waals surface area contributed by atoms with E-state index in [9.17, 15) is 8.42 Å². The molecule has 1 N–H and O–H groups in total. The van der Waals surface area contributed by atoms with Gasteiger partial charge in [-0.15, -0.1) is 11.6 Å². The third kappa shape index (κ3) is 2.95. The van der Waals surface area contributed by atoms with Crippen LogP contribution in [0.2, 0.25) is 0 Å². The first-order chi connectivity index (χ1) is 9.24. The summed E-state index contributed by atoms with van der Waals surface area (Å²) in [4.78, 5) is 4.38. The molecule has 2 aromatic rings. The quantitative estimate of drug-likeness (QED) is 0.883. The molecule has 0 bridgehead atoms. The first-order valence-electron chi connectivity index (χ1n) is 6.26. The molecular weight excluding hydrogens is 296 g/mol. The zero-order valence-corrected chi connectivity index (χ0v) is 13.2. The van der Waals surface area contributed by atoms with Gasteiger partial charge in [0.1, 0.15) is 0 Å². The molecule has 1 heterocycles. The van der Waals surface area contributed by atoms with Crippen molar-refractivity contribution < 1.29 is 8.42 Å². The van der Waals surface area contributed by atoms with Crippen molar-refractivity contribution in [2.75, 3.05) is 0 Å². The fourth-order valence-corrected chi connectivity index (χ4v) is 3.61. The Morgan fingerprint density at radius 3 is 2.60 bits per heavy atom. The number of alkyl halides is 1. The van der Waals surface area contributed by atoms with Gasteiger partial charge >= 0.3 is 0 Å². The fourth-order valence-electron chi connectivity index (χ4n) is 1.79. The molecule has 0 amide bonds. The van der Waals surface area contributed by atoms with Crippen LogP contribution in [0.4, 0.5) is 0 Å². The van der Waals surface area contributed by atoms with E-state index in [-0.39, 0.29) is 10.3 Å². The normalized spacial score (nSPS) is 14.4. The highest BCUT2D eigenvalue weighted by Gasteiger charge is 2.31. The van der Waals surface area contributed by atoms with Gasteiger partial charge in [0.05, 0.1) is 10.4 Å². The zero-order valence-electron chi connectivity index (χ0n) is 11.6. The highest BCUT2D eigenvalue weighted by atomic mass is 35.5. The van der Waals surface area contributed by atoms with Gasteiger partial charge in [0, 0.05) is 22.5 Å². The SMILES string of the molecule is CC(Cl)C(C)(C)NS(=O)(=O)c1cccc2ncccc12. The van der Waals surface area contributed by atoms with E-state index in [0.29, 0.717) is 10.9 Å². The van der Waals surface area contributed by atoms with Crippen LogP contribution < -0.4 is 4.72 Å². The Hall–Kier alpha value is -1.17. The molecule has 0 aliphatic carbocycles. The number of nitrogens with zero attached hydrogens (tertiary/aromatic N) is 1. The average Bonchev–Trinajstić information content (AvgIpc) is 2.36. The first kappa shape index (κ1) is 15.2. The molecule has 0 aliphatic heterocycles. The second-order valence-corrected chi connectivity index (χ2v) is 7.57. The van der Waals surface area contributed by atoms with E-state index in [1.54, 1.807) is 57.3 Å². The molecule has 2 rings (SSSR count). The molecule has 108 valence electrons. The van der Waals surface area contributed by atoms with Crippen LogP contribution in [0.1, 0.15) is 20.8 Å². The Morgan fingerprint density at radius 1 is 1.25 bits per heavy atom. The number of hydrogen-bond acceptors (Lipinski definition) is 3. The molecule has 4 nitrogen and oxygen atoms in total. The summed E-state index contributed by atoms with van der Waals surface area (Å²) < 4.78 is 27.8. The minimum Gasteiger partial charge on any atom is -0.256 e. The lowest BCUT2D eigenvalue weighted by atomic mass is 10.0. The van der Waals surface area contributed by atoms with E-state index in [0.717, 1.165) is 0 Å². The smallest absolute Gasteiger partial charge is 0.241 e. The van der Waals surface area contributed by atoms with Crippen LogP contribution in [0.25, 0.3) is 10.9 Å². The maximum absolute atomic E-state index is 12.6. The van der Waals surface area contributed by atoms with Gasteiger partial charge in [-0.2, -0.15) is 0 Å². The fraction of sp³-hybridized carbons (Fsp3) is 0.357. The minimum atomic E-state index is -3.66. The summed E-state index contributed by atoms with van der Waals surface area (Å²) in [6.07, 6.45) is 1.64. The average molecular weight is 313 g/mol. The van der Waals surface area contributed by atoms with E-state index in [4.69, 9.17) is 11.6 Å². The molecule has 20 heavy (non-hydrogen) atoms. The summed E-state index contributed by atoms with van der Waals surface area (Å²) in [6.45, 7) is 5.27. The van der Waals surface area contributed by atoms with Crippen LogP contribution in [0, 0.1) is 0 Å². The first-order valence-corrected chi connectivity index (χ1v) is 8.18. The van der Waals surface area contributed by atoms with Crippen molar-refractivity contribution in [2.24, 2.45) is 0 Å². The molecule has 0 spiro atoms. The molecule has 0 saturated heterocycles. The van der Waals surface area contributed by atoms with Gasteiger partial charge in [0.15, 0.2) is 0 Å². The Labute approximate surface area is 124 Å². The molecule has 0 saturated carbocycles. The molecule has 1 aromatic carbocycles. The summed E-state index contributed by atoms with van der Waals surface area (Å²) in [5.41, 5.74) is -0.0998. The maximum atomic E-state index is 12.6. The van der Waals surface area contributed by atoms with Crippen LogP contribution in [-0.2, 0) is 10.0 Å². The predicted octanol–water partition coefficient (Wildman–Crippen LogP) is 2.92. The largest absolute Gasteiger partial charge is 0.256 e. The number of halogens is 1. The lowest BCUT2D eigenvalue weighted by molar-refractivity contribution is 0.445. The van der Waals surface area contributed by atoms with E-state index in [2.05, 4.69) is 9.71 Å². The Morgan fingerprint density at radius 2 is 1.95 bits per heavy atom. The van der Waals surface area contributed by atoms with Gasteiger partial charge in [0.25, 0.3) is 0 Å². The summed E-state index contributed by atoms with van der Waals surface area (Å²) in [6, 6.07) is 8.50. The van der Waals surface area contributed by atoms with Gasteiger partial charge in [-0.25, -0.2) is 13.1 Å². The number of benzene rings is 1. The molecule has 1 atom stereocenters. The number of aromatic nitrogens is 1. The topological polar surface area (TPSA) is 59.1 Å².